The smallest absolute Gasteiger partial charge is 0.209 e. The van der Waals surface area contributed by atoms with E-state index in [0.29, 0.717) is 6.54 Å². The Hall–Kier alpha value is -3.60. The second-order valence-corrected chi connectivity index (χ2v) is 6.00. The number of guanidine groups is 1. The van der Waals surface area contributed by atoms with Crippen LogP contribution in [-0.2, 0) is 6.54 Å². The fourth-order valence-corrected chi connectivity index (χ4v) is 3.00. The summed E-state index contributed by atoms with van der Waals surface area (Å²) in [5.41, 5.74) is 11.9. The quantitative estimate of drug-likeness (QED) is 0.300. The molecule has 5 heteroatoms. The lowest BCUT2D eigenvalue weighted by Crippen LogP contribution is -2.27. The maximum absolute atomic E-state index is 5.94. The maximum Gasteiger partial charge on any atom is 0.209 e. The van der Waals surface area contributed by atoms with Crippen LogP contribution in [-0.4, -0.2) is 17.2 Å². The van der Waals surface area contributed by atoms with Crippen LogP contribution in [0.25, 0.3) is 21.7 Å². The number of nitrogens with one attached hydrogen (secondary N) is 2. The molecule has 4 rings (SSSR count). The molecule has 1 aromatic heterocycles. The monoisotopic (exact) mass is 341 g/mol. The lowest BCUT2D eigenvalue weighted by Gasteiger charge is -2.04. The number of nitrogens with zero attached hydrogens (tertiary/aromatic N) is 2. The standard InChI is InChI=1S/C21H19N5/c22-21(24-12-16-8-5-7-15-6-1-2-9-18(15)16)26-25-14-17-13-23-20-11-4-3-10-19(17)20/h1-11,13-14,23H,12H2,(H3,22,24,26)/b25-14+. The zero-order valence-corrected chi connectivity index (χ0v) is 14.2. The molecule has 26 heavy (non-hydrogen) atoms. The number of hydrogen-bond acceptors (Lipinski definition) is 2. The molecule has 0 fully saturated rings. The number of aromatic nitrogens is 1. The minimum atomic E-state index is 0.286. The summed E-state index contributed by atoms with van der Waals surface area (Å²) in [5, 5.41) is 7.69. The van der Waals surface area contributed by atoms with Gasteiger partial charge in [0.2, 0.25) is 5.96 Å². The van der Waals surface area contributed by atoms with Gasteiger partial charge in [0.25, 0.3) is 0 Å². The third-order valence-corrected chi connectivity index (χ3v) is 4.30. The number of hydrazone groups is 1. The second-order valence-electron chi connectivity index (χ2n) is 6.00. The average Bonchev–Trinajstić information content (AvgIpc) is 3.09. The molecule has 0 unspecified atom stereocenters. The number of nitrogens with two attached hydrogens (primary N) is 1. The van der Waals surface area contributed by atoms with Crippen molar-refractivity contribution in [2.45, 2.75) is 6.54 Å². The Morgan fingerprint density at radius 2 is 1.73 bits per heavy atom. The third kappa shape index (κ3) is 3.28. The lowest BCUT2D eigenvalue weighted by molar-refractivity contribution is 0.967. The van der Waals surface area contributed by atoms with Crippen molar-refractivity contribution in [3.05, 3.63) is 84.1 Å². The molecule has 4 N–H and O–H groups in total. The van der Waals surface area contributed by atoms with E-state index in [0.717, 1.165) is 22.0 Å². The summed E-state index contributed by atoms with van der Waals surface area (Å²) in [4.78, 5) is 7.60. The van der Waals surface area contributed by atoms with Gasteiger partial charge in [-0.05, 0) is 22.4 Å². The number of H-pyrrole nitrogens is 1. The number of rotatable bonds is 4. The molecule has 0 amide bonds. The van der Waals surface area contributed by atoms with Crippen LogP contribution in [0.2, 0.25) is 0 Å². The molecule has 0 aliphatic carbocycles. The predicted molar refractivity (Wildman–Crippen MR) is 108 cm³/mol. The van der Waals surface area contributed by atoms with Gasteiger partial charge in [-0.1, -0.05) is 60.7 Å². The molecule has 0 aliphatic rings. The van der Waals surface area contributed by atoms with Crippen LogP contribution < -0.4 is 11.2 Å². The summed E-state index contributed by atoms with van der Waals surface area (Å²) >= 11 is 0. The van der Waals surface area contributed by atoms with Crippen molar-refractivity contribution < 1.29 is 0 Å². The first kappa shape index (κ1) is 15.9. The molecule has 0 bridgehead atoms. The summed E-state index contributed by atoms with van der Waals surface area (Å²) in [5.74, 6) is 0.286. The summed E-state index contributed by atoms with van der Waals surface area (Å²) < 4.78 is 0. The summed E-state index contributed by atoms with van der Waals surface area (Å²) in [6.07, 6.45) is 3.65. The first-order chi connectivity index (χ1) is 12.8. The van der Waals surface area contributed by atoms with Crippen molar-refractivity contribution in [1.82, 2.24) is 10.4 Å². The lowest BCUT2D eigenvalue weighted by atomic mass is 10.1. The molecule has 0 spiro atoms. The Kier molecular flexibility index (Phi) is 4.35. The van der Waals surface area contributed by atoms with Gasteiger partial charge in [0, 0.05) is 22.7 Å². The van der Waals surface area contributed by atoms with E-state index in [1.165, 1.54) is 10.8 Å². The fourth-order valence-electron chi connectivity index (χ4n) is 3.00. The zero-order chi connectivity index (χ0) is 17.8. The number of aromatic amines is 1. The molecule has 0 atom stereocenters. The summed E-state index contributed by atoms with van der Waals surface area (Å²) in [6, 6.07) is 22.5. The summed E-state index contributed by atoms with van der Waals surface area (Å²) in [7, 11) is 0. The van der Waals surface area contributed by atoms with Crippen molar-refractivity contribution >= 4 is 33.8 Å². The van der Waals surface area contributed by atoms with Crippen molar-refractivity contribution in [3.8, 4) is 0 Å². The number of hydrogen-bond donors (Lipinski definition) is 3. The van der Waals surface area contributed by atoms with E-state index in [-0.39, 0.29) is 5.96 Å². The molecule has 3 aromatic carbocycles. The highest BCUT2D eigenvalue weighted by atomic mass is 15.3. The number of para-hydroxylation sites is 1. The van der Waals surface area contributed by atoms with Crippen LogP contribution in [0.5, 0.6) is 0 Å². The van der Waals surface area contributed by atoms with Crippen LogP contribution in [0.4, 0.5) is 0 Å². The van der Waals surface area contributed by atoms with Gasteiger partial charge >= 0.3 is 0 Å². The highest BCUT2D eigenvalue weighted by Gasteiger charge is 2.01. The van der Waals surface area contributed by atoms with Gasteiger partial charge in [0.05, 0.1) is 12.8 Å². The molecular formula is C21H19N5. The molecule has 128 valence electrons. The Labute approximate surface area is 151 Å². The Morgan fingerprint density at radius 3 is 2.65 bits per heavy atom. The third-order valence-electron chi connectivity index (χ3n) is 4.30. The minimum absolute atomic E-state index is 0.286. The van der Waals surface area contributed by atoms with Gasteiger partial charge in [0.15, 0.2) is 0 Å². The van der Waals surface area contributed by atoms with Gasteiger partial charge in [-0.25, -0.2) is 10.4 Å². The van der Waals surface area contributed by atoms with Crippen LogP contribution in [0, 0.1) is 0 Å². The molecule has 4 aromatic rings. The van der Waals surface area contributed by atoms with Gasteiger partial charge in [0.1, 0.15) is 0 Å². The van der Waals surface area contributed by atoms with Gasteiger partial charge in [-0.3, -0.25) is 0 Å². The van der Waals surface area contributed by atoms with E-state index in [2.05, 4.69) is 44.8 Å². The summed E-state index contributed by atoms with van der Waals surface area (Å²) in [6.45, 7) is 0.503. The van der Waals surface area contributed by atoms with E-state index in [1.54, 1.807) is 6.21 Å². The van der Waals surface area contributed by atoms with Crippen LogP contribution >= 0.6 is 0 Å². The Bertz CT molecular complexity index is 1100. The largest absolute Gasteiger partial charge is 0.369 e. The molecule has 1 heterocycles. The van der Waals surface area contributed by atoms with E-state index >= 15 is 0 Å². The highest BCUT2D eigenvalue weighted by Crippen LogP contribution is 2.19. The van der Waals surface area contributed by atoms with Crippen molar-refractivity contribution in [2.75, 3.05) is 0 Å². The van der Waals surface area contributed by atoms with E-state index in [9.17, 15) is 0 Å². The highest BCUT2D eigenvalue weighted by molar-refractivity contribution is 5.99. The number of fused-ring (bicyclic) bond motifs is 2. The fraction of sp³-hybridized carbons (Fsp3) is 0.0476. The van der Waals surface area contributed by atoms with Crippen LogP contribution in [0.15, 0.2) is 83.0 Å². The van der Waals surface area contributed by atoms with E-state index in [1.807, 2.05) is 48.7 Å². The Morgan fingerprint density at radius 1 is 0.962 bits per heavy atom. The molecule has 0 aliphatic heterocycles. The van der Waals surface area contributed by atoms with Gasteiger partial charge in [-0.2, -0.15) is 5.10 Å². The van der Waals surface area contributed by atoms with Gasteiger partial charge < -0.3 is 10.7 Å². The van der Waals surface area contributed by atoms with Crippen molar-refractivity contribution in [2.24, 2.45) is 15.8 Å². The molecule has 0 radical (unpaired) electrons. The topological polar surface area (TPSA) is 78.6 Å². The Balaban J connectivity index is 1.45. The minimum Gasteiger partial charge on any atom is -0.369 e. The van der Waals surface area contributed by atoms with Crippen LogP contribution in [0.1, 0.15) is 11.1 Å². The predicted octanol–water partition coefficient (Wildman–Crippen LogP) is 3.76. The molecule has 0 saturated carbocycles. The average molecular weight is 341 g/mol. The van der Waals surface area contributed by atoms with E-state index < -0.39 is 0 Å². The normalized spacial score (nSPS) is 12.2. The number of benzene rings is 3. The zero-order valence-electron chi connectivity index (χ0n) is 14.2. The van der Waals surface area contributed by atoms with Crippen molar-refractivity contribution in [1.29, 1.82) is 0 Å². The van der Waals surface area contributed by atoms with Gasteiger partial charge in [-0.15, -0.1) is 0 Å². The van der Waals surface area contributed by atoms with Crippen LogP contribution in [0.3, 0.4) is 0 Å². The molecule has 5 nitrogen and oxygen atoms in total. The first-order valence-electron chi connectivity index (χ1n) is 8.43. The first-order valence-corrected chi connectivity index (χ1v) is 8.43. The number of aliphatic imine (C=N–C) groups is 1. The van der Waals surface area contributed by atoms with Crippen molar-refractivity contribution in [3.63, 3.8) is 0 Å². The molecule has 0 saturated heterocycles. The SMILES string of the molecule is NC(=NCc1cccc2ccccc12)N/N=C/c1c[nH]c2ccccc12. The molecular weight excluding hydrogens is 322 g/mol. The second kappa shape index (κ2) is 7.11. The van der Waals surface area contributed by atoms with E-state index in [4.69, 9.17) is 5.73 Å². The maximum atomic E-state index is 5.94.